The molecule has 0 saturated carbocycles. The van der Waals surface area contributed by atoms with Crippen LogP contribution in [-0.4, -0.2) is 54.5 Å². The third-order valence-corrected chi connectivity index (χ3v) is 8.10. The van der Waals surface area contributed by atoms with Crippen LogP contribution in [0.3, 0.4) is 0 Å². The third kappa shape index (κ3) is 5.90. The minimum atomic E-state index is -3.92. The SMILES string of the molecule is CCCCNC(=O)C(C)N(Cc1ccccc1C)C(=O)CCCN1C(=O)c2ccccc2S1(=O)=O. The molecule has 0 aromatic heterocycles. The first-order chi connectivity index (χ1) is 16.7. The Hall–Kier alpha value is -3.20. The Morgan fingerprint density at radius 2 is 1.74 bits per heavy atom. The molecule has 3 rings (SSSR count). The second-order valence-electron chi connectivity index (χ2n) is 8.75. The number of nitrogens with one attached hydrogen (secondary N) is 1. The van der Waals surface area contributed by atoms with Crippen LogP contribution in [0.25, 0.3) is 0 Å². The van der Waals surface area contributed by atoms with Crippen molar-refractivity contribution in [3.8, 4) is 0 Å². The largest absolute Gasteiger partial charge is 0.354 e. The number of rotatable bonds is 11. The molecule has 8 nitrogen and oxygen atoms in total. The van der Waals surface area contributed by atoms with Gasteiger partial charge >= 0.3 is 0 Å². The molecule has 0 radical (unpaired) electrons. The predicted molar refractivity (Wildman–Crippen MR) is 133 cm³/mol. The number of carbonyl (C=O) groups excluding carboxylic acids is 3. The molecule has 35 heavy (non-hydrogen) atoms. The van der Waals surface area contributed by atoms with Crippen LogP contribution in [0, 0.1) is 6.92 Å². The van der Waals surface area contributed by atoms with E-state index in [1.807, 2.05) is 38.1 Å². The molecule has 0 bridgehead atoms. The first kappa shape index (κ1) is 26.4. The molecule has 3 amide bonds. The van der Waals surface area contributed by atoms with Crippen molar-refractivity contribution >= 4 is 27.7 Å². The van der Waals surface area contributed by atoms with E-state index < -0.39 is 22.0 Å². The van der Waals surface area contributed by atoms with Crippen LogP contribution in [0.1, 0.15) is 61.0 Å². The summed E-state index contributed by atoms with van der Waals surface area (Å²) in [7, 11) is -3.92. The van der Waals surface area contributed by atoms with Crippen LogP contribution in [0.5, 0.6) is 0 Å². The molecule has 188 valence electrons. The van der Waals surface area contributed by atoms with Gasteiger partial charge in [0.1, 0.15) is 10.9 Å². The number of nitrogens with zero attached hydrogens (tertiary/aromatic N) is 2. The Labute approximate surface area is 207 Å². The summed E-state index contributed by atoms with van der Waals surface area (Å²) < 4.78 is 26.4. The first-order valence-electron chi connectivity index (χ1n) is 12.0. The van der Waals surface area contributed by atoms with Gasteiger partial charge in [0, 0.05) is 26.1 Å². The normalized spacial score (nSPS) is 14.9. The summed E-state index contributed by atoms with van der Waals surface area (Å²) in [6, 6.07) is 13.1. The van der Waals surface area contributed by atoms with Gasteiger partial charge in [0.25, 0.3) is 15.9 Å². The van der Waals surface area contributed by atoms with Crippen molar-refractivity contribution in [1.82, 2.24) is 14.5 Å². The molecule has 2 aromatic carbocycles. The maximum absolute atomic E-state index is 13.3. The Bertz CT molecular complexity index is 1190. The van der Waals surface area contributed by atoms with Crippen LogP contribution in [0.2, 0.25) is 0 Å². The van der Waals surface area contributed by atoms with Crippen LogP contribution in [-0.2, 0) is 26.2 Å². The molecule has 1 atom stereocenters. The van der Waals surface area contributed by atoms with E-state index in [1.165, 1.54) is 17.0 Å². The number of hydrogen-bond acceptors (Lipinski definition) is 5. The van der Waals surface area contributed by atoms with E-state index >= 15 is 0 Å². The fraction of sp³-hybridized carbons (Fsp3) is 0.423. The lowest BCUT2D eigenvalue weighted by Gasteiger charge is -2.29. The van der Waals surface area contributed by atoms with Gasteiger partial charge in [-0.05, 0) is 49.9 Å². The molecule has 1 aliphatic heterocycles. The number of hydrogen-bond donors (Lipinski definition) is 1. The number of fused-ring (bicyclic) bond motifs is 1. The van der Waals surface area contributed by atoms with Gasteiger partial charge in [-0.25, -0.2) is 12.7 Å². The van der Waals surface area contributed by atoms with Crippen molar-refractivity contribution in [2.75, 3.05) is 13.1 Å². The summed E-state index contributed by atoms with van der Waals surface area (Å²) in [6.45, 7) is 6.39. The highest BCUT2D eigenvalue weighted by molar-refractivity contribution is 7.90. The van der Waals surface area contributed by atoms with E-state index in [1.54, 1.807) is 19.1 Å². The highest BCUT2D eigenvalue weighted by Gasteiger charge is 2.40. The average Bonchev–Trinajstić information content (AvgIpc) is 3.03. The lowest BCUT2D eigenvalue weighted by atomic mass is 10.1. The molecule has 0 aliphatic carbocycles. The monoisotopic (exact) mass is 499 g/mol. The standard InChI is InChI=1S/C26H33N3O5S/c1-4-5-16-27-25(31)20(3)28(18-21-12-7-6-11-19(21)2)24(30)15-10-17-29-26(32)22-13-8-9-14-23(22)35(29,33)34/h6-9,11-14,20H,4-5,10,15-18H2,1-3H3,(H,27,31). The minimum absolute atomic E-state index is 0.00474. The van der Waals surface area contributed by atoms with Gasteiger partial charge in [-0.2, -0.15) is 0 Å². The topological polar surface area (TPSA) is 104 Å². The first-order valence-corrected chi connectivity index (χ1v) is 13.4. The Morgan fingerprint density at radius 1 is 1.06 bits per heavy atom. The van der Waals surface area contributed by atoms with E-state index in [0.29, 0.717) is 6.54 Å². The van der Waals surface area contributed by atoms with Crippen LogP contribution in [0.15, 0.2) is 53.4 Å². The average molecular weight is 500 g/mol. The summed E-state index contributed by atoms with van der Waals surface area (Å²) in [5.74, 6) is -1.07. The summed E-state index contributed by atoms with van der Waals surface area (Å²) in [6.07, 6.45) is 1.97. The van der Waals surface area contributed by atoms with Gasteiger partial charge in [0.2, 0.25) is 11.8 Å². The molecule has 9 heteroatoms. The van der Waals surface area contributed by atoms with Crippen molar-refractivity contribution in [3.63, 3.8) is 0 Å². The van der Waals surface area contributed by atoms with Crippen LogP contribution in [0.4, 0.5) is 0 Å². The highest BCUT2D eigenvalue weighted by Crippen LogP contribution is 2.30. The zero-order valence-electron chi connectivity index (χ0n) is 20.5. The number of amides is 3. The number of benzene rings is 2. The fourth-order valence-electron chi connectivity index (χ4n) is 4.06. The molecule has 2 aromatic rings. The summed E-state index contributed by atoms with van der Waals surface area (Å²) >= 11 is 0. The fourth-order valence-corrected chi connectivity index (χ4v) is 5.67. The van der Waals surface area contributed by atoms with Crippen LogP contribution >= 0.6 is 0 Å². The lowest BCUT2D eigenvalue weighted by molar-refractivity contribution is -0.140. The Morgan fingerprint density at radius 3 is 2.43 bits per heavy atom. The number of aryl methyl sites for hydroxylation is 1. The molecule has 0 fully saturated rings. The molecule has 1 aliphatic rings. The van der Waals surface area contributed by atoms with Crippen molar-refractivity contribution in [2.24, 2.45) is 0 Å². The van der Waals surface area contributed by atoms with Gasteiger partial charge in [-0.1, -0.05) is 49.7 Å². The molecule has 1 N–H and O–H groups in total. The van der Waals surface area contributed by atoms with E-state index in [4.69, 9.17) is 0 Å². The number of carbonyl (C=O) groups is 3. The Balaban J connectivity index is 1.70. The quantitative estimate of drug-likeness (QED) is 0.478. The minimum Gasteiger partial charge on any atom is -0.354 e. The molecule has 1 unspecified atom stereocenters. The van der Waals surface area contributed by atoms with Crippen molar-refractivity contribution < 1.29 is 22.8 Å². The third-order valence-electron chi connectivity index (χ3n) is 6.26. The van der Waals surface area contributed by atoms with Crippen molar-refractivity contribution in [2.45, 2.75) is 63.9 Å². The molecular formula is C26H33N3O5S. The zero-order valence-corrected chi connectivity index (χ0v) is 21.3. The summed E-state index contributed by atoms with van der Waals surface area (Å²) in [5.41, 5.74) is 2.09. The van der Waals surface area contributed by atoms with Gasteiger partial charge in [0.05, 0.1) is 5.56 Å². The second-order valence-corrected chi connectivity index (χ2v) is 10.6. The van der Waals surface area contributed by atoms with Crippen molar-refractivity contribution in [3.05, 3.63) is 65.2 Å². The highest BCUT2D eigenvalue weighted by atomic mass is 32.2. The number of sulfonamides is 1. The van der Waals surface area contributed by atoms with E-state index in [-0.39, 0.29) is 48.2 Å². The predicted octanol–water partition coefficient (Wildman–Crippen LogP) is 3.25. The summed E-state index contributed by atoms with van der Waals surface area (Å²) in [4.78, 5) is 40.1. The second kappa shape index (κ2) is 11.5. The lowest BCUT2D eigenvalue weighted by Crippen LogP contribution is -2.48. The van der Waals surface area contributed by atoms with E-state index in [9.17, 15) is 22.8 Å². The number of unbranched alkanes of at least 4 members (excludes halogenated alkanes) is 1. The molecule has 0 saturated heterocycles. The van der Waals surface area contributed by atoms with E-state index in [0.717, 1.165) is 28.3 Å². The van der Waals surface area contributed by atoms with Crippen molar-refractivity contribution in [1.29, 1.82) is 0 Å². The van der Waals surface area contributed by atoms with E-state index in [2.05, 4.69) is 5.32 Å². The van der Waals surface area contributed by atoms with Gasteiger partial charge in [-0.3, -0.25) is 14.4 Å². The molecule has 1 heterocycles. The Kier molecular flexibility index (Phi) is 8.67. The zero-order chi connectivity index (χ0) is 25.6. The molecule has 0 spiro atoms. The van der Waals surface area contributed by atoms with Gasteiger partial charge in [-0.15, -0.1) is 0 Å². The summed E-state index contributed by atoms with van der Waals surface area (Å²) in [5, 5.41) is 2.88. The maximum Gasteiger partial charge on any atom is 0.269 e. The van der Waals surface area contributed by atoms with Gasteiger partial charge in [0.15, 0.2) is 0 Å². The molecular weight excluding hydrogens is 466 g/mol. The van der Waals surface area contributed by atoms with Crippen LogP contribution < -0.4 is 5.32 Å². The van der Waals surface area contributed by atoms with Gasteiger partial charge < -0.3 is 10.2 Å². The smallest absolute Gasteiger partial charge is 0.269 e. The maximum atomic E-state index is 13.3.